The van der Waals surface area contributed by atoms with Crippen molar-refractivity contribution in [2.45, 2.75) is 45.7 Å². The van der Waals surface area contributed by atoms with Gasteiger partial charge < -0.3 is 9.73 Å². The number of piperidine rings is 1. The number of nitrogens with one attached hydrogen (secondary N) is 1. The SMILES string of the molecule is CCc1nc(CN2CCC(CN[C@@H](C)c3ccco3)CC2)cs1. The third-order valence-electron chi connectivity index (χ3n) is 4.68. The van der Waals surface area contributed by atoms with Crippen molar-refractivity contribution in [3.8, 4) is 0 Å². The molecule has 1 N–H and O–H groups in total. The van der Waals surface area contributed by atoms with Crippen LogP contribution in [0, 0.1) is 5.92 Å². The maximum atomic E-state index is 5.45. The molecule has 2 aromatic rings. The summed E-state index contributed by atoms with van der Waals surface area (Å²) in [7, 11) is 0. The quantitative estimate of drug-likeness (QED) is 0.835. The molecule has 1 fully saturated rings. The predicted octanol–water partition coefficient (Wildman–Crippen LogP) is 3.86. The summed E-state index contributed by atoms with van der Waals surface area (Å²) < 4.78 is 5.45. The van der Waals surface area contributed by atoms with E-state index in [-0.39, 0.29) is 0 Å². The largest absolute Gasteiger partial charge is 0.468 e. The van der Waals surface area contributed by atoms with Gasteiger partial charge in [0.25, 0.3) is 0 Å². The average Bonchev–Trinajstić information content (AvgIpc) is 3.25. The van der Waals surface area contributed by atoms with E-state index in [4.69, 9.17) is 4.42 Å². The fourth-order valence-corrected chi connectivity index (χ4v) is 3.88. The number of aromatic nitrogens is 1. The lowest BCUT2D eigenvalue weighted by molar-refractivity contribution is 0.171. The minimum absolute atomic E-state index is 0.297. The Balaban J connectivity index is 1.38. The first kappa shape index (κ1) is 16.7. The molecule has 2 aromatic heterocycles. The molecule has 0 radical (unpaired) electrons. The lowest BCUT2D eigenvalue weighted by atomic mass is 9.96. The summed E-state index contributed by atoms with van der Waals surface area (Å²) in [5.41, 5.74) is 1.25. The summed E-state index contributed by atoms with van der Waals surface area (Å²) in [6.07, 6.45) is 5.33. The molecular weight excluding hydrogens is 306 g/mol. The van der Waals surface area contributed by atoms with Crippen molar-refractivity contribution in [2.75, 3.05) is 19.6 Å². The van der Waals surface area contributed by atoms with Crippen LogP contribution < -0.4 is 5.32 Å². The molecule has 1 aliphatic rings. The van der Waals surface area contributed by atoms with Gasteiger partial charge in [0.15, 0.2) is 0 Å². The molecule has 23 heavy (non-hydrogen) atoms. The highest BCUT2D eigenvalue weighted by molar-refractivity contribution is 7.09. The van der Waals surface area contributed by atoms with Gasteiger partial charge >= 0.3 is 0 Å². The number of thiazole rings is 1. The van der Waals surface area contributed by atoms with E-state index in [2.05, 4.69) is 34.4 Å². The monoisotopic (exact) mass is 333 g/mol. The van der Waals surface area contributed by atoms with Crippen molar-refractivity contribution in [1.82, 2.24) is 15.2 Å². The maximum Gasteiger partial charge on any atom is 0.120 e. The minimum Gasteiger partial charge on any atom is -0.468 e. The molecule has 5 heteroatoms. The van der Waals surface area contributed by atoms with Gasteiger partial charge in [0, 0.05) is 11.9 Å². The van der Waals surface area contributed by atoms with Crippen LogP contribution in [0.5, 0.6) is 0 Å². The van der Waals surface area contributed by atoms with Crippen molar-refractivity contribution in [3.05, 3.63) is 40.2 Å². The number of hydrogen-bond donors (Lipinski definition) is 1. The zero-order chi connectivity index (χ0) is 16.1. The van der Waals surface area contributed by atoms with Crippen LogP contribution in [0.1, 0.15) is 49.2 Å². The van der Waals surface area contributed by atoms with Crippen LogP contribution >= 0.6 is 11.3 Å². The van der Waals surface area contributed by atoms with Gasteiger partial charge in [-0.15, -0.1) is 11.3 Å². The molecule has 0 amide bonds. The summed E-state index contributed by atoms with van der Waals surface area (Å²) in [6, 6.07) is 4.29. The van der Waals surface area contributed by atoms with E-state index in [0.29, 0.717) is 6.04 Å². The first-order valence-corrected chi connectivity index (χ1v) is 9.55. The molecule has 4 nitrogen and oxygen atoms in total. The van der Waals surface area contributed by atoms with Gasteiger partial charge in [0.05, 0.1) is 23.0 Å². The Morgan fingerprint density at radius 3 is 2.91 bits per heavy atom. The van der Waals surface area contributed by atoms with E-state index in [1.165, 1.54) is 36.6 Å². The smallest absolute Gasteiger partial charge is 0.120 e. The zero-order valence-corrected chi connectivity index (χ0v) is 14.9. The number of aryl methyl sites for hydroxylation is 1. The van der Waals surface area contributed by atoms with Crippen LogP contribution in [0.4, 0.5) is 0 Å². The minimum atomic E-state index is 0.297. The van der Waals surface area contributed by atoms with Gasteiger partial charge in [0.2, 0.25) is 0 Å². The predicted molar refractivity (Wildman–Crippen MR) is 94.6 cm³/mol. The number of nitrogens with zero attached hydrogens (tertiary/aromatic N) is 2. The van der Waals surface area contributed by atoms with Crippen LogP contribution in [0.25, 0.3) is 0 Å². The van der Waals surface area contributed by atoms with Crippen LogP contribution in [-0.2, 0) is 13.0 Å². The second kappa shape index (κ2) is 8.08. The Bertz CT molecular complexity index is 573. The first-order chi connectivity index (χ1) is 11.2. The summed E-state index contributed by atoms with van der Waals surface area (Å²) in [5, 5.41) is 7.08. The Morgan fingerprint density at radius 1 is 1.43 bits per heavy atom. The molecule has 126 valence electrons. The number of hydrogen-bond acceptors (Lipinski definition) is 5. The summed E-state index contributed by atoms with van der Waals surface area (Å²) in [5.74, 6) is 1.79. The summed E-state index contributed by atoms with van der Waals surface area (Å²) >= 11 is 1.79. The van der Waals surface area contributed by atoms with Crippen LogP contribution in [0.15, 0.2) is 28.2 Å². The normalized spacial score (nSPS) is 18.3. The van der Waals surface area contributed by atoms with Gasteiger partial charge in [0.1, 0.15) is 5.76 Å². The lowest BCUT2D eigenvalue weighted by Crippen LogP contribution is -2.37. The number of likely N-dealkylation sites (tertiary alicyclic amines) is 1. The molecule has 0 bridgehead atoms. The van der Waals surface area contributed by atoms with E-state index in [9.17, 15) is 0 Å². The highest BCUT2D eigenvalue weighted by Gasteiger charge is 2.20. The summed E-state index contributed by atoms with van der Waals surface area (Å²) in [4.78, 5) is 7.23. The van der Waals surface area contributed by atoms with Gasteiger partial charge in [-0.3, -0.25) is 4.90 Å². The Kier molecular flexibility index (Phi) is 5.86. The van der Waals surface area contributed by atoms with Crippen molar-refractivity contribution in [1.29, 1.82) is 0 Å². The lowest BCUT2D eigenvalue weighted by Gasteiger charge is -2.32. The maximum absolute atomic E-state index is 5.45. The third-order valence-corrected chi connectivity index (χ3v) is 5.72. The van der Waals surface area contributed by atoms with Crippen LogP contribution in [0.3, 0.4) is 0 Å². The van der Waals surface area contributed by atoms with Gasteiger partial charge in [-0.2, -0.15) is 0 Å². The van der Waals surface area contributed by atoms with Crippen molar-refractivity contribution >= 4 is 11.3 Å². The Labute approximate surface area is 142 Å². The van der Waals surface area contributed by atoms with E-state index in [1.807, 2.05) is 12.1 Å². The highest BCUT2D eigenvalue weighted by atomic mass is 32.1. The van der Waals surface area contributed by atoms with Gasteiger partial charge in [-0.05, 0) is 63.9 Å². The Hall–Kier alpha value is -1.17. The highest BCUT2D eigenvalue weighted by Crippen LogP contribution is 2.21. The molecular formula is C18H27N3OS. The van der Waals surface area contributed by atoms with Crippen molar-refractivity contribution < 1.29 is 4.42 Å². The van der Waals surface area contributed by atoms with Crippen LogP contribution in [-0.4, -0.2) is 29.5 Å². The fraction of sp³-hybridized carbons (Fsp3) is 0.611. The topological polar surface area (TPSA) is 41.3 Å². The second-order valence-corrected chi connectivity index (χ2v) is 7.39. The second-order valence-electron chi connectivity index (χ2n) is 6.45. The number of rotatable bonds is 7. The molecule has 0 spiro atoms. The fourth-order valence-electron chi connectivity index (χ4n) is 3.14. The molecule has 0 unspecified atom stereocenters. The molecule has 1 aliphatic heterocycles. The van der Waals surface area contributed by atoms with Crippen molar-refractivity contribution in [2.24, 2.45) is 5.92 Å². The van der Waals surface area contributed by atoms with E-state index < -0.39 is 0 Å². The van der Waals surface area contributed by atoms with E-state index >= 15 is 0 Å². The standard InChI is InChI=1S/C18H27N3OS/c1-3-18-20-16(13-23-18)12-21-8-6-15(7-9-21)11-19-14(2)17-5-4-10-22-17/h4-5,10,13-15,19H,3,6-9,11-12H2,1-2H3/t14-/m0/s1. The first-order valence-electron chi connectivity index (χ1n) is 8.67. The summed E-state index contributed by atoms with van der Waals surface area (Å²) in [6.45, 7) is 8.79. The molecule has 0 aliphatic carbocycles. The molecule has 3 heterocycles. The zero-order valence-electron chi connectivity index (χ0n) is 14.1. The Morgan fingerprint density at radius 2 is 2.26 bits per heavy atom. The number of furan rings is 1. The van der Waals surface area contributed by atoms with Crippen LogP contribution in [0.2, 0.25) is 0 Å². The van der Waals surface area contributed by atoms with Gasteiger partial charge in [-0.25, -0.2) is 4.98 Å². The molecule has 0 aromatic carbocycles. The van der Waals surface area contributed by atoms with Crippen molar-refractivity contribution in [3.63, 3.8) is 0 Å². The molecule has 0 saturated carbocycles. The van der Waals surface area contributed by atoms with Gasteiger partial charge in [-0.1, -0.05) is 6.92 Å². The molecule has 1 saturated heterocycles. The molecule has 1 atom stereocenters. The average molecular weight is 334 g/mol. The van der Waals surface area contributed by atoms with E-state index in [0.717, 1.165) is 31.2 Å². The van der Waals surface area contributed by atoms with E-state index in [1.54, 1.807) is 17.6 Å². The third kappa shape index (κ3) is 4.66. The molecule has 3 rings (SSSR count).